The molecule has 3 heterocycles. The van der Waals surface area contributed by atoms with Crippen LogP contribution in [0.5, 0.6) is 0 Å². The van der Waals surface area contributed by atoms with E-state index in [0.29, 0.717) is 18.0 Å². The fraction of sp³-hybridized carbons (Fsp3) is 0.316. The van der Waals surface area contributed by atoms with Gasteiger partial charge in [0.1, 0.15) is 11.5 Å². The van der Waals surface area contributed by atoms with Crippen molar-refractivity contribution in [3.05, 3.63) is 47.8 Å². The van der Waals surface area contributed by atoms with Crippen LogP contribution in [-0.2, 0) is 12.0 Å². The van der Waals surface area contributed by atoms with Gasteiger partial charge in [0.15, 0.2) is 17.3 Å². The first-order valence-electron chi connectivity index (χ1n) is 9.62. The largest absolute Gasteiger partial charge is 0.388 e. The van der Waals surface area contributed by atoms with E-state index in [2.05, 4.69) is 20.3 Å². The molecule has 1 aromatic carbocycles. The zero-order chi connectivity index (χ0) is 24.0. The van der Waals surface area contributed by atoms with E-state index in [1.54, 1.807) is 17.0 Å². The van der Waals surface area contributed by atoms with Crippen LogP contribution in [0.2, 0.25) is 0 Å². The maximum Gasteiger partial charge on any atom is 0.310 e. The summed E-state index contributed by atoms with van der Waals surface area (Å²) in [7, 11) is -9.86. The second kappa shape index (κ2) is 7.09. The first kappa shape index (κ1) is 22.9. The number of benzene rings is 1. The van der Waals surface area contributed by atoms with E-state index in [1.165, 1.54) is 6.07 Å². The highest BCUT2D eigenvalue weighted by Crippen LogP contribution is 3.02. The van der Waals surface area contributed by atoms with Crippen molar-refractivity contribution < 1.29 is 29.1 Å². The molecule has 176 valence electrons. The molecular weight excluding hydrogens is 471 g/mol. The molecule has 0 aliphatic carbocycles. The fourth-order valence-corrected chi connectivity index (χ4v) is 4.33. The summed E-state index contributed by atoms with van der Waals surface area (Å²) in [5.41, 5.74) is -1.15. The van der Waals surface area contributed by atoms with Crippen LogP contribution in [0.4, 0.5) is 25.2 Å². The zero-order valence-corrected chi connectivity index (χ0v) is 17.7. The van der Waals surface area contributed by atoms with E-state index < -0.39 is 27.1 Å². The summed E-state index contributed by atoms with van der Waals surface area (Å²) in [5, 5.41) is 30.4. The van der Waals surface area contributed by atoms with Crippen LogP contribution in [-0.4, -0.2) is 38.5 Å². The van der Waals surface area contributed by atoms with Crippen molar-refractivity contribution in [1.82, 2.24) is 20.3 Å². The number of aromatic nitrogens is 4. The minimum atomic E-state index is -9.86. The molecule has 2 aromatic heterocycles. The van der Waals surface area contributed by atoms with Gasteiger partial charge < -0.3 is 14.5 Å². The highest BCUT2D eigenvalue weighted by molar-refractivity contribution is 8.45. The zero-order valence-electron chi connectivity index (χ0n) is 16.8. The van der Waals surface area contributed by atoms with E-state index >= 15 is 0 Å². The van der Waals surface area contributed by atoms with Crippen LogP contribution in [0.1, 0.15) is 24.2 Å². The quantitative estimate of drug-likeness (QED) is 0.513. The Morgan fingerprint density at radius 1 is 1.09 bits per heavy atom. The number of nitrogens with zero attached hydrogens (tertiary/aromatic N) is 6. The van der Waals surface area contributed by atoms with Gasteiger partial charge in [0.25, 0.3) is 5.89 Å². The van der Waals surface area contributed by atoms with Gasteiger partial charge in [-0.05, 0) is 42.7 Å². The Bertz CT molecular complexity index is 1220. The van der Waals surface area contributed by atoms with Gasteiger partial charge in [-0.3, -0.25) is 0 Å². The summed E-state index contributed by atoms with van der Waals surface area (Å²) >= 11 is 0. The SMILES string of the molecule is N#CC1(c2cccc(S(F)(F)(F)(F)F)c2)CCN(c2ccc(-c3nc(CO)no3)nn2)CC1. The molecule has 1 saturated heterocycles. The molecule has 1 aliphatic heterocycles. The highest BCUT2D eigenvalue weighted by Gasteiger charge is 2.65. The van der Waals surface area contributed by atoms with Crippen LogP contribution in [0.15, 0.2) is 45.8 Å². The predicted molar refractivity (Wildman–Crippen MR) is 108 cm³/mol. The first-order valence-corrected chi connectivity index (χ1v) is 11.6. The molecule has 0 amide bonds. The van der Waals surface area contributed by atoms with Gasteiger partial charge in [-0.1, -0.05) is 36.7 Å². The van der Waals surface area contributed by atoms with Crippen LogP contribution < -0.4 is 4.90 Å². The van der Waals surface area contributed by atoms with Crippen LogP contribution in [0.25, 0.3) is 11.6 Å². The predicted octanol–water partition coefficient (Wildman–Crippen LogP) is 4.74. The summed E-state index contributed by atoms with van der Waals surface area (Å²) in [6.07, 6.45) is 0.223. The Morgan fingerprint density at radius 2 is 1.82 bits per heavy atom. The third kappa shape index (κ3) is 4.60. The normalized spacial score (nSPS) is 18.3. The lowest BCUT2D eigenvalue weighted by atomic mass is 9.74. The fourth-order valence-electron chi connectivity index (χ4n) is 3.65. The lowest BCUT2D eigenvalue weighted by molar-refractivity contribution is 0.264. The summed E-state index contributed by atoms with van der Waals surface area (Å²) in [6.45, 7) is 0.101. The molecule has 3 aromatic rings. The topological polar surface area (TPSA) is 112 Å². The third-order valence-electron chi connectivity index (χ3n) is 5.47. The number of anilines is 1. The molecule has 14 heteroatoms. The lowest BCUT2D eigenvalue weighted by Gasteiger charge is -2.42. The van der Waals surface area contributed by atoms with E-state index in [9.17, 15) is 24.7 Å². The van der Waals surface area contributed by atoms with Crippen LogP contribution >= 0.6 is 10.2 Å². The number of halogens is 5. The second-order valence-corrected chi connectivity index (χ2v) is 10.0. The van der Waals surface area contributed by atoms with Crippen LogP contribution in [0, 0.1) is 11.3 Å². The molecule has 1 fully saturated rings. The maximum atomic E-state index is 13.3. The van der Waals surface area contributed by atoms with Gasteiger partial charge in [0, 0.05) is 13.1 Å². The van der Waals surface area contributed by atoms with E-state index in [4.69, 9.17) is 9.63 Å². The van der Waals surface area contributed by atoms with Crippen molar-refractivity contribution in [2.45, 2.75) is 29.8 Å². The van der Waals surface area contributed by atoms with Crippen LogP contribution in [0.3, 0.4) is 0 Å². The summed E-state index contributed by atoms with van der Waals surface area (Å²) in [6, 6.07) is 8.12. The molecule has 0 atom stereocenters. The number of piperidine rings is 1. The minimum absolute atomic E-state index is 0.0732. The Labute approximate surface area is 184 Å². The Hall–Kier alpha value is -3.31. The molecule has 0 unspecified atom stereocenters. The second-order valence-electron chi connectivity index (χ2n) is 7.63. The summed E-state index contributed by atoms with van der Waals surface area (Å²) in [5.74, 6) is 0.617. The first-order chi connectivity index (χ1) is 15.3. The van der Waals surface area contributed by atoms with Crippen molar-refractivity contribution in [3.63, 3.8) is 0 Å². The van der Waals surface area contributed by atoms with Crippen molar-refractivity contribution in [2.24, 2.45) is 0 Å². The Kier molecular flexibility index (Phi) is 4.92. The summed E-state index contributed by atoms with van der Waals surface area (Å²) < 4.78 is 71.2. The van der Waals surface area contributed by atoms with Crippen molar-refractivity contribution in [2.75, 3.05) is 18.0 Å². The summed E-state index contributed by atoms with van der Waals surface area (Å²) in [4.78, 5) is 3.71. The van der Waals surface area contributed by atoms with Crippen molar-refractivity contribution in [3.8, 4) is 17.7 Å². The van der Waals surface area contributed by atoms with E-state index in [1.807, 2.05) is 6.07 Å². The monoisotopic (exact) mass is 488 g/mol. The molecule has 33 heavy (non-hydrogen) atoms. The highest BCUT2D eigenvalue weighted by atomic mass is 32.5. The molecule has 1 N–H and O–H groups in total. The molecule has 0 spiro atoms. The van der Waals surface area contributed by atoms with Gasteiger partial charge in [-0.2, -0.15) is 10.2 Å². The number of nitriles is 1. The molecule has 1 aliphatic rings. The molecule has 4 rings (SSSR count). The Balaban J connectivity index is 1.52. The molecule has 0 saturated carbocycles. The minimum Gasteiger partial charge on any atom is -0.388 e. The number of aliphatic hydroxyl groups excluding tert-OH is 1. The number of hydrogen-bond donors (Lipinski definition) is 1. The molecular formula is C19H17F5N6O2S. The van der Waals surface area contributed by atoms with Gasteiger partial charge in [0.2, 0.25) is 0 Å². The van der Waals surface area contributed by atoms with E-state index in [0.717, 1.165) is 6.07 Å². The molecule has 0 radical (unpaired) electrons. The molecule has 8 nitrogen and oxygen atoms in total. The molecule has 0 bridgehead atoms. The smallest absolute Gasteiger partial charge is 0.310 e. The number of aliphatic hydroxyl groups is 1. The van der Waals surface area contributed by atoms with Gasteiger partial charge in [-0.15, -0.1) is 10.2 Å². The maximum absolute atomic E-state index is 13.3. The number of rotatable bonds is 5. The average Bonchev–Trinajstić information content (AvgIpc) is 3.27. The van der Waals surface area contributed by atoms with E-state index in [-0.39, 0.29) is 48.9 Å². The van der Waals surface area contributed by atoms with Crippen molar-refractivity contribution in [1.29, 1.82) is 5.26 Å². The Morgan fingerprint density at radius 3 is 2.36 bits per heavy atom. The third-order valence-corrected chi connectivity index (χ3v) is 6.61. The lowest BCUT2D eigenvalue weighted by Crippen LogP contribution is -2.42. The number of hydrogen-bond acceptors (Lipinski definition) is 8. The average molecular weight is 488 g/mol. The van der Waals surface area contributed by atoms with Gasteiger partial charge in [0.05, 0.1) is 11.5 Å². The van der Waals surface area contributed by atoms with Crippen molar-refractivity contribution >= 4 is 16.0 Å². The standard InChI is InChI=1S/C19H17F5N6O2S/c20-33(21,22,23,24)14-3-1-2-13(10-14)19(12-25)6-8-30(9-7-19)17-5-4-15(27-28-17)18-26-16(11-31)29-32-18/h1-5,10,31H,6-9,11H2. The van der Waals surface area contributed by atoms with Gasteiger partial charge in [-0.25, -0.2) is 0 Å². The van der Waals surface area contributed by atoms with Gasteiger partial charge >= 0.3 is 10.2 Å².